The number of benzene rings is 1. The summed E-state index contributed by atoms with van der Waals surface area (Å²) < 4.78 is 0. The number of nitrogens with one attached hydrogen (secondary N) is 1. The molecule has 0 saturated carbocycles. The van der Waals surface area contributed by atoms with Crippen molar-refractivity contribution in [1.82, 2.24) is 15.1 Å². The molecule has 7 nitrogen and oxygen atoms in total. The molecule has 3 rings (SSSR count). The summed E-state index contributed by atoms with van der Waals surface area (Å²) in [4.78, 5) is 40.3. The third-order valence-electron chi connectivity index (χ3n) is 5.01. The number of carbonyl (C=O) groups is 3. The number of urea groups is 1. The molecule has 2 fully saturated rings. The standard InChI is InChI=1S/C18H24N4O3.ClH/c1-12-5-7-13(8-6-12)18(2)16(24)22(17(25)20-18)11-15(23)21-9-3-4-14(19)10-21;/h5-8,14H,3-4,9-11,19H2,1-2H3,(H,20,25);1H. The number of hydrogen-bond donors (Lipinski definition) is 2. The zero-order chi connectivity index (χ0) is 18.2. The first kappa shape index (κ1) is 20.2. The zero-order valence-corrected chi connectivity index (χ0v) is 15.8. The first-order chi connectivity index (χ1) is 11.8. The average molecular weight is 381 g/mol. The predicted molar refractivity (Wildman–Crippen MR) is 99.8 cm³/mol. The molecule has 4 amide bonds. The maximum atomic E-state index is 12.9. The van der Waals surface area contributed by atoms with Gasteiger partial charge in [-0.05, 0) is 32.3 Å². The van der Waals surface area contributed by atoms with Crippen LogP contribution in [0.5, 0.6) is 0 Å². The number of piperidine rings is 1. The van der Waals surface area contributed by atoms with Gasteiger partial charge in [-0.1, -0.05) is 29.8 Å². The van der Waals surface area contributed by atoms with Crippen LogP contribution in [0.2, 0.25) is 0 Å². The highest BCUT2D eigenvalue weighted by molar-refractivity contribution is 6.09. The molecular formula is C18H25ClN4O3. The summed E-state index contributed by atoms with van der Waals surface area (Å²) in [5, 5.41) is 2.72. The number of nitrogens with zero attached hydrogens (tertiary/aromatic N) is 2. The Kier molecular flexibility index (Phi) is 5.93. The number of carbonyl (C=O) groups excluding carboxylic acids is 3. The molecule has 3 N–H and O–H groups in total. The van der Waals surface area contributed by atoms with Crippen LogP contribution in [0.25, 0.3) is 0 Å². The highest BCUT2D eigenvalue weighted by Gasteiger charge is 2.49. The second-order valence-electron chi connectivity index (χ2n) is 7.05. The van der Waals surface area contributed by atoms with E-state index >= 15 is 0 Å². The van der Waals surface area contributed by atoms with Gasteiger partial charge in [0.25, 0.3) is 5.91 Å². The molecular weight excluding hydrogens is 356 g/mol. The van der Waals surface area contributed by atoms with E-state index in [2.05, 4.69) is 5.32 Å². The van der Waals surface area contributed by atoms with E-state index in [1.165, 1.54) is 0 Å². The summed E-state index contributed by atoms with van der Waals surface area (Å²) in [6, 6.07) is 6.85. The molecule has 0 aliphatic carbocycles. The SMILES string of the molecule is Cc1ccc(C2(C)NC(=O)N(CC(=O)N3CCCC(N)C3)C2=O)cc1.Cl. The van der Waals surface area contributed by atoms with Gasteiger partial charge in [0.15, 0.2) is 0 Å². The fourth-order valence-electron chi connectivity index (χ4n) is 3.39. The summed E-state index contributed by atoms with van der Waals surface area (Å²) in [6.07, 6.45) is 1.73. The van der Waals surface area contributed by atoms with Gasteiger partial charge in [-0.15, -0.1) is 12.4 Å². The van der Waals surface area contributed by atoms with Crippen LogP contribution < -0.4 is 11.1 Å². The minimum absolute atomic E-state index is 0. The van der Waals surface area contributed by atoms with Crippen molar-refractivity contribution in [3.05, 3.63) is 35.4 Å². The van der Waals surface area contributed by atoms with Crippen molar-refractivity contribution in [3.8, 4) is 0 Å². The van der Waals surface area contributed by atoms with Gasteiger partial charge >= 0.3 is 6.03 Å². The van der Waals surface area contributed by atoms with E-state index in [0.29, 0.717) is 18.7 Å². The van der Waals surface area contributed by atoms with E-state index in [1.54, 1.807) is 11.8 Å². The van der Waals surface area contributed by atoms with Gasteiger partial charge in [0.05, 0.1) is 0 Å². The Hall–Kier alpha value is -2.12. The van der Waals surface area contributed by atoms with Gasteiger partial charge in [0, 0.05) is 19.1 Å². The van der Waals surface area contributed by atoms with Gasteiger partial charge < -0.3 is 16.0 Å². The maximum absolute atomic E-state index is 12.9. The number of likely N-dealkylation sites (tertiary alicyclic amines) is 1. The molecule has 26 heavy (non-hydrogen) atoms. The first-order valence-corrected chi connectivity index (χ1v) is 8.56. The Bertz CT molecular complexity index is 709. The quantitative estimate of drug-likeness (QED) is 0.768. The molecule has 2 saturated heterocycles. The van der Waals surface area contributed by atoms with Crippen LogP contribution in [0.15, 0.2) is 24.3 Å². The van der Waals surface area contributed by atoms with Crippen LogP contribution in [0.3, 0.4) is 0 Å². The van der Waals surface area contributed by atoms with E-state index < -0.39 is 17.5 Å². The minimum Gasteiger partial charge on any atom is -0.340 e. The molecule has 0 spiro atoms. The van der Waals surface area contributed by atoms with E-state index in [0.717, 1.165) is 23.3 Å². The zero-order valence-electron chi connectivity index (χ0n) is 15.0. The molecule has 1 aromatic rings. The third-order valence-corrected chi connectivity index (χ3v) is 5.01. The van der Waals surface area contributed by atoms with E-state index in [1.807, 2.05) is 31.2 Å². The minimum atomic E-state index is -1.15. The van der Waals surface area contributed by atoms with Crippen LogP contribution in [0, 0.1) is 6.92 Å². The van der Waals surface area contributed by atoms with Crippen molar-refractivity contribution >= 4 is 30.3 Å². The molecule has 2 aliphatic rings. The van der Waals surface area contributed by atoms with Crippen LogP contribution >= 0.6 is 12.4 Å². The Morgan fingerprint density at radius 1 is 1.31 bits per heavy atom. The van der Waals surface area contributed by atoms with Gasteiger partial charge in [-0.2, -0.15) is 0 Å². The Morgan fingerprint density at radius 2 is 1.96 bits per heavy atom. The fourth-order valence-corrected chi connectivity index (χ4v) is 3.39. The van der Waals surface area contributed by atoms with Gasteiger partial charge in [-0.25, -0.2) is 4.79 Å². The lowest BCUT2D eigenvalue weighted by atomic mass is 9.91. The number of rotatable bonds is 3. The normalized spacial score (nSPS) is 25.7. The van der Waals surface area contributed by atoms with Crippen LogP contribution in [-0.4, -0.2) is 53.3 Å². The summed E-state index contributed by atoms with van der Waals surface area (Å²) >= 11 is 0. The number of imide groups is 1. The number of aryl methyl sites for hydroxylation is 1. The number of amides is 4. The van der Waals surface area contributed by atoms with Gasteiger partial charge in [0.2, 0.25) is 5.91 Å². The summed E-state index contributed by atoms with van der Waals surface area (Å²) in [6.45, 7) is 4.45. The van der Waals surface area contributed by atoms with E-state index in [4.69, 9.17) is 5.73 Å². The predicted octanol–water partition coefficient (Wildman–Crippen LogP) is 1.13. The first-order valence-electron chi connectivity index (χ1n) is 8.56. The summed E-state index contributed by atoms with van der Waals surface area (Å²) in [5.41, 5.74) is 6.52. The molecule has 2 aliphatic heterocycles. The third kappa shape index (κ3) is 3.68. The Labute approximate surface area is 159 Å². The molecule has 8 heteroatoms. The van der Waals surface area contributed by atoms with Crippen molar-refractivity contribution in [3.63, 3.8) is 0 Å². The fraction of sp³-hybridized carbons (Fsp3) is 0.500. The van der Waals surface area contributed by atoms with Crippen molar-refractivity contribution in [2.75, 3.05) is 19.6 Å². The highest BCUT2D eigenvalue weighted by Crippen LogP contribution is 2.29. The molecule has 0 aromatic heterocycles. The average Bonchev–Trinajstić information content (AvgIpc) is 2.79. The monoisotopic (exact) mass is 380 g/mol. The molecule has 0 bridgehead atoms. The lowest BCUT2D eigenvalue weighted by Gasteiger charge is -2.31. The highest BCUT2D eigenvalue weighted by atomic mass is 35.5. The largest absolute Gasteiger partial charge is 0.340 e. The van der Waals surface area contributed by atoms with Crippen molar-refractivity contribution in [1.29, 1.82) is 0 Å². The second-order valence-corrected chi connectivity index (χ2v) is 7.05. The molecule has 2 unspecified atom stereocenters. The van der Waals surface area contributed by atoms with Crippen LogP contribution in [0.1, 0.15) is 30.9 Å². The molecule has 2 heterocycles. The van der Waals surface area contributed by atoms with Crippen LogP contribution in [-0.2, 0) is 15.1 Å². The maximum Gasteiger partial charge on any atom is 0.325 e. The summed E-state index contributed by atoms with van der Waals surface area (Å²) in [5.74, 6) is -0.650. The summed E-state index contributed by atoms with van der Waals surface area (Å²) in [7, 11) is 0. The number of hydrogen-bond acceptors (Lipinski definition) is 4. The molecule has 0 radical (unpaired) electrons. The van der Waals surface area contributed by atoms with Crippen molar-refractivity contribution in [2.24, 2.45) is 5.73 Å². The number of halogens is 1. The van der Waals surface area contributed by atoms with Crippen LogP contribution in [0.4, 0.5) is 4.79 Å². The Morgan fingerprint density at radius 3 is 2.58 bits per heavy atom. The van der Waals surface area contributed by atoms with Crippen molar-refractivity contribution in [2.45, 2.75) is 38.3 Å². The smallest absolute Gasteiger partial charge is 0.325 e. The second kappa shape index (κ2) is 7.63. The van der Waals surface area contributed by atoms with Crippen molar-refractivity contribution < 1.29 is 14.4 Å². The molecule has 1 aromatic carbocycles. The lowest BCUT2D eigenvalue weighted by molar-refractivity contribution is -0.139. The molecule has 142 valence electrons. The topological polar surface area (TPSA) is 95.7 Å². The number of nitrogens with two attached hydrogens (primary N) is 1. The van der Waals surface area contributed by atoms with E-state index in [9.17, 15) is 14.4 Å². The van der Waals surface area contributed by atoms with Gasteiger partial charge in [0.1, 0.15) is 12.1 Å². The Balaban J connectivity index is 0.00000243. The lowest BCUT2D eigenvalue weighted by Crippen LogP contribution is -2.50. The molecule has 2 atom stereocenters. The van der Waals surface area contributed by atoms with Gasteiger partial charge in [-0.3, -0.25) is 14.5 Å². The van der Waals surface area contributed by atoms with E-state index in [-0.39, 0.29) is 30.9 Å².